The van der Waals surface area contributed by atoms with Crippen LogP contribution in [0.1, 0.15) is 17.2 Å². The molecule has 3 nitrogen and oxygen atoms in total. The van der Waals surface area contributed by atoms with Crippen LogP contribution < -0.4 is 10.5 Å². The molecule has 0 bridgehead atoms. The van der Waals surface area contributed by atoms with E-state index in [4.69, 9.17) is 5.73 Å². The molecule has 1 heterocycles. The predicted molar refractivity (Wildman–Crippen MR) is 63.3 cm³/mol. The lowest BCUT2D eigenvalue weighted by atomic mass is 10.0. The summed E-state index contributed by atoms with van der Waals surface area (Å²) in [6, 6.07) is 6.56. The fourth-order valence-corrected chi connectivity index (χ4v) is 1.65. The van der Waals surface area contributed by atoms with Crippen molar-refractivity contribution in [2.24, 2.45) is 5.73 Å². The fourth-order valence-electron chi connectivity index (χ4n) is 1.65. The number of hydrogen-bond acceptors (Lipinski definition) is 3. The third-order valence-corrected chi connectivity index (χ3v) is 2.55. The summed E-state index contributed by atoms with van der Waals surface area (Å²) in [5.41, 5.74) is 7.09. The number of pyridine rings is 1. The van der Waals surface area contributed by atoms with Gasteiger partial charge in [0.1, 0.15) is 11.6 Å². The van der Waals surface area contributed by atoms with Crippen LogP contribution in [-0.4, -0.2) is 11.6 Å². The number of nitrogens with zero attached hydrogens (tertiary/aromatic N) is 1. The van der Waals surface area contributed by atoms with Gasteiger partial charge in [0.15, 0.2) is 0 Å². The number of nitrogens with two attached hydrogens (primary N) is 1. The first kappa shape index (κ1) is 13.4. The Morgan fingerprint density at radius 1 is 1.05 bits per heavy atom. The van der Waals surface area contributed by atoms with E-state index >= 15 is 0 Å². The maximum absolute atomic E-state index is 13.0. The third-order valence-electron chi connectivity index (χ3n) is 2.55. The smallest absolute Gasteiger partial charge is 0.387 e. The van der Waals surface area contributed by atoms with Gasteiger partial charge in [-0.1, -0.05) is 12.1 Å². The molecule has 0 aliphatic carbocycles. The lowest BCUT2D eigenvalue weighted by molar-refractivity contribution is -0.0498. The van der Waals surface area contributed by atoms with E-state index in [0.717, 1.165) is 6.20 Å². The van der Waals surface area contributed by atoms with Gasteiger partial charge in [-0.15, -0.1) is 0 Å². The molecule has 0 saturated heterocycles. The molecule has 2 N–H and O–H groups in total. The number of alkyl halides is 2. The Hall–Kier alpha value is -2.08. The number of aromatic nitrogens is 1. The average molecular weight is 268 g/mol. The van der Waals surface area contributed by atoms with Crippen molar-refractivity contribution in [1.82, 2.24) is 4.98 Å². The van der Waals surface area contributed by atoms with Crippen LogP contribution in [0.2, 0.25) is 0 Å². The molecule has 1 aromatic heterocycles. The number of benzene rings is 1. The Kier molecular flexibility index (Phi) is 4.01. The summed E-state index contributed by atoms with van der Waals surface area (Å²) >= 11 is 0. The van der Waals surface area contributed by atoms with Gasteiger partial charge in [-0.3, -0.25) is 4.98 Å². The number of rotatable bonds is 4. The summed E-state index contributed by atoms with van der Waals surface area (Å²) in [7, 11) is 0. The number of ether oxygens (including phenoxy) is 1. The highest BCUT2D eigenvalue weighted by atomic mass is 19.3. The second kappa shape index (κ2) is 5.71. The van der Waals surface area contributed by atoms with E-state index in [1.807, 2.05) is 0 Å². The first-order chi connectivity index (χ1) is 9.06. The molecule has 0 aliphatic heterocycles. The molecule has 0 saturated carbocycles. The van der Waals surface area contributed by atoms with E-state index in [1.165, 1.54) is 24.4 Å². The zero-order chi connectivity index (χ0) is 13.8. The Morgan fingerprint density at radius 3 is 2.32 bits per heavy atom. The summed E-state index contributed by atoms with van der Waals surface area (Å²) in [6.45, 7) is -2.87. The molecule has 2 aromatic rings. The van der Waals surface area contributed by atoms with Crippen molar-refractivity contribution in [3.05, 3.63) is 59.7 Å². The minimum absolute atomic E-state index is 0.0447. The SMILES string of the molecule is NC(c1ccc(OC(F)F)cc1)c1cncc(F)c1. The van der Waals surface area contributed by atoms with Crippen molar-refractivity contribution in [2.45, 2.75) is 12.7 Å². The highest BCUT2D eigenvalue weighted by Crippen LogP contribution is 2.22. The molecule has 19 heavy (non-hydrogen) atoms. The van der Waals surface area contributed by atoms with Crippen molar-refractivity contribution >= 4 is 0 Å². The van der Waals surface area contributed by atoms with Crippen molar-refractivity contribution < 1.29 is 17.9 Å². The molecule has 0 spiro atoms. The molecule has 0 radical (unpaired) electrons. The highest BCUT2D eigenvalue weighted by Gasteiger charge is 2.11. The highest BCUT2D eigenvalue weighted by molar-refractivity contribution is 5.34. The standard InChI is InChI=1S/C13H11F3N2O/c14-10-5-9(6-18-7-10)12(17)8-1-3-11(4-2-8)19-13(15)16/h1-7,12-13H,17H2. The van der Waals surface area contributed by atoms with Gasteiger partial charge in [0.05, 0.1) is 12.2 Å². The molecule has 6 heteroatoms. The monoisotopic (exact) mass is 268 g/mol. The van der Waals surface area contributed by atoms with E-state index in [-0.39, 0.29) is 5.75 Å². The molecule has 0 fully saturated rings. The second-order valence-electron chi connectivity index (χ2n) is 3.86. The van der Waals surface area contributed by atoms with Crippen LogP contribution in [0.5, 0.6) is 5.75 Å². The maximum Gasteiger partial charge on any atom is 0.387 e. The quantitative estimate of drug-likeness (QED) is 0.927. The fraction of sp³-hybridized carbons (Fsp3) is 0.154. The zero-order valence-corrected chi connectivity index (χ0v) is 9.76. The van der Waals surface area contributed by atoms with Crippen LogP contribution in [-0.2, 0) is 0 Å². The summed E-state index contributed by atoms with van der Waals surface area (Å²) in [5, 5.41) is 0. The Balaban J connectivity index is 2.17. The van der Waals surface area contributed by atoms with Gasteiger partial charge in [-0.25, -0.2) is 4.39 Å². The zero-order valence-electron chi connectivity index (χ0n) is 9.76. The number of hydrogen-bond donors (Lipinski definition) is 1. The van der Waals surface area contributed by atoms with Gasteiger partial charge in [0.25, 0.3) is 0 Å². The molecular weight excluding hydrogens is 257 g/mol. The lowest BCUT2D eigenvalue weighted by Gasteiger charge is -2.13. The second-order valence-corrected chi connectivity index (χ2v) is 3.86. The van der Waals surface area contributed by atoms with Gasteiger partial charge in [-0.05, 0) is 29.3 Å². The molecule has 0 amide bonds. The average Bonchev–Trinajstić information content (AvgIpc) is 2.38. The summed E-state index contributed by atoms with van der Waals surface area (Å²) in [4.78, 5) is 3.71. The Morgan fingerprint density at radius 2 is 1.74 bits per heavy atom. The summed E-state index contributed by atoms with van der Waals surface area (Å²) in [6.07, 6.45) is 2.53. The largest absolute Gasteiger partial charge is 0.435 e. The van der Waals surface area contributed by atoms with Crippen molar-refractivity contribution in [3.8, 4) is 5.75 Å². The first-order valence-electron chi connectivity index (χ1n) is 5.47. The summed E-state index contributed by atoms with van der Waals surface area (Å²) < 4.78 is 41.2. The van der Waals surface area contributed by atoms with Gasteiger partial charge in [-0.2, -0.15) is 8.78 Å². The third kappa shape index (κ3) is 3.45. The van der Waals surface area contributed by atoms with Gasteiger partial charge < -0.3 is 10.5 Å². The van der Waals surface area contributed by atoms with Crippen LogP contribution in [0.15, 0.2) is 42.7 Å². The van der Waals surface area contributed by atoms with Crippen LogP contribution in [0.4, 0.5) is 13.2 Å². The van der Waals surface area contributed by atoms with Crippen molar-refractivity contribution in [2.75, 3.05) is 0 Å². The molecular formula is C13H11F3N2O. The lowest BCUT2D eigenvalue weighted by Crippen LogP contribution is -2.12. The van der Waals surface area contributed by atoms with Crippen LogP contribution in [0.25, 0.3) is 0 Å². The van der Waals surface area contributed by atoms with E-state index in [2.05, 4.69) is 9.72 Å². The molecule has 0 aliphatic rings. The van der Waals surface area contributed by atoms with Crippen molar-refractivity contribution in [3.63, 3.8) is 0 Å². The topological polar surface area (TPSA) is 48.1 Å². The molecule has 1 aromatic carbocycles. The summed E-state index contributed by atoms with van der Waals surface area (Å²) in [5.74, 6) is -0.436. The normalized spacial score (nSPS) is 12.5. The minimum Gasteiger partial charge on any atom is -0.435 e. The van der Waals surface area contributed by atoms with Crippen molar-refractivity contribution in [1.29, 1.82) is 0 Å². The van der Waals surface area contributed by atoms with Crippen LogP contribution in [0.3, 0.4) is 0 Å². The number of halogens is 3. The van der Waals surface area contributed by atoms with Gasteiger partial charge in [0.2, 0.25) is 0 Å². The minimum atomic E-state index is -2.87. The molecule has 1 atom stereocenters. The Labute approximate surface area is 107 Å². The molecule has 1 unspecified atom stereocenters. The van der Waals surface area contributed by atoms with E-state index in [0.29, 0.717) is 11.1 Å². The molecule has 2 rings (SSSR count). The van der Waals surface area contributed by atoms with E-state index in [9.17, 15) is 13.2 Å². The predicted octanol–water partition coefficient (Wildman–Crippen LogP) is 2.87. The van der Waals surface area contributed by atoms with E-state index in [1.54, 1.807) is 12.1 Å². The van der Waals surface area contributed by atoms with Crippen LogP contribution >= 0.6 is 0 Å². The Bertz CT molecular complexity index is 546. The van der Waals surface area contributed by atoms with Crippen LogP contribution in [0, 0.1) is 5.82 Å². The first-order valence-corrected chi connectivity index (χ1v) is 5.47. The van der Waals surface area contributed by atoms with E-state index < -0.39 is 18.5 Å². The molecule has 100 valence electrons. The van der Waals surface area contributed by atoms with Gasteiger partial charge in [0, 0.05) is 6.20 Å². The van der Waals surface area contributed by atoms with Gasteiger partial charge >= 0.3 is 6.61 Å². The maximum atomic E-state index is 13.0.